The quantitative estimate of drug-likeness (QED) is 0.179. The summed E-state index contributed by atoms with van der Waals surface area (Å²) in [6.07, 6.45) is 8.81. The fraction of sp³-hybridized carbons (Fsp3) is 0.862. The highest BCUT2D eigenvalue weighted by molar-refractivity contribution is 7.86. The summed E-state index contributed by atoms with van der Waals surface area (Å²) >= 11 is 0. The lowest BCUT2D eigenvalue weighted by atomic mass is 9.87. The Morgan fingerprint density at radius 1 is 1.05 bits per heavy atom. The number of hydrogen-bond donors (Lipinski definition) is 4. The Kier molecular flexibility index (Phi) is 13.3. The fourth-order valence-electron chi connectivity index (χ4n) is 5.59. The van der Waals surface area contributed by atoms with Crippen molar-refractivity contribution in [1.82, 2.24) is 29.5 Å². The molecule has 4 atom stereocenters. The molecule has 1 aliphatic carbocycles. The molecule has 2 fully saturated rings. The van der Waals surface area contributed by atoms with Crippen LogP contribution in [0.3, 0.4) is 0 Å². The van der Waals surface area contributed by atoms with Crippen LogP contribution in [0.5, 0.6) is 0 Å². The van der Waals surface area contributed by atoms with E-state index in [2.05, 4.69) is 22.9 Å². The highest BCUT2D eigenvalue weighted by atomic mass is 32.2. The zero-order chi connectivity index (χ0) is 32.6. The monoisotopic (exact) mass is 630 g/mol. The molecule has 1 saturated heterocycles. The first-order valence-electron chi connectivity index (χ1n) is 15.5. The van der Waals surface area contributed by atoms with E-state index in [4.69, 9.17) is 0 Å². The Hall–Kier alpha value is -2.45. The average Bonchev–Trinajstić information content (AvgIpc) is 3.38. The Bertz CT molecular complexity index is 1090. The van der Waals surface area contributed by atoms with Crippen molar-refractivity contribution in [3.8, 4) is 0 Å². The molecule has 2 unspecified atom stereocenters. The van der Waals surface area contributed by atoms with Crippen LogP contribution in [0.4, 0.5) is 4.79 Å². The molecule has 2 rings (SSSR count). The number of urea groups is 1. The first-order valence-corrected chi connectivity index (χ1v) is 16.9. The molecule has 0 radical (unpaired) electrons. The summed E-state index contributed by atoms with van der Waals surface area (Å²) in [6, 6.07) is -2.00. The van der Waals surface area contributed by atoms with Crippen molar-refractivity contribution < 1.29 is 32.7 Å². The zero-order valence-corrected chi connectivity index (χ0v) is 27.9. The van der Waals surface area contributed by atoms with Crippen LogP contribution in [0.2, 0.25) is 0 Å². The Balaban J connectivity index is 1.91. The van der Waals surface area contributed by atoms with Crippen LogP contribution in [0.15, 0.2) is 0 Å². The molecular weight excluding hydrogens is 576 g/mol. The topological polar surface area (TPSA) is 168 Å². The minimum Gasteiger partial charge on any atom is -0.479 e. The van der Waals surface area contributed by atoms with Gasteiger partial charge in [0, 0.05) is 40.3 Å². The van der Waals surface area contributed by atoms with Crippen molar-refractivity contribution in [2.24, 2.45) is 11.3 Å². The molecule has 43 heavy (non-hydrogen) atoms. The summed E-state index contributed by atoms with van der Waals surface area (Å²) in [4.78, 5) is 52.6. The van der Waals surface area contributed by atoms with Gasteiger partial charge >= 0.3 is 12.0 Å². The first-order chi connectivity index (χ1) is 20.0. The highest BCUT2D eigenvalue weighted by Gasteiger charge is 2.61. The molecule has 248 valence electrons. The number of nitrogens with zero attached hydrogens (tertiary/aromatic N) is 3. The third-order valence-corrected chi connectivity index (χ3v) is 10.5. The van der Waals surface area contributed by atoms with Crippen molar-refractivity contribution in [3.63, 3.8) is 0 Å². The van der Waals surface area contributed by atoms with E-state index in [-0.39, 0.29) is 19.0 Å². The van der Waals surface area contributed by atoms with Crippen LogP contribution in [-0.2, 0) is 24.6 Å². The summed E-state index contributed by atoms with van der Waals surface area (Å²) in [5.41, 5.74) is -1.77. The number of hydrogen-bond acceptors (Lipinski definition) is 6. The van der Waals surface area contributed by atoms with Gasteiger partial charge in [-0.2, -0.15) is 17.0 Å². The standard InChI is InChI=1S/C29H54N6O7S/c1-8-9-10-11-12-13-15-21-18-29(21,26(38)39)32-25(37)22-16-14-17-35(22)24(36)19-30-27(40)31-23(28(2,3)4)20-34(7)43(41,42)33(5)6/h21-23H,8-20H2,1-7H3,(H,32,37)(H,38,39)(H2,30,31,40)/t21?,22-,23?,29+/m0/s1. The summed E-state index contributed by atoms with van der Waals surface area (Å²) in [5, 5.41) is 18.0. The molecule has 0 bridgehead atoms. The van der Waals surface area contributed by atoms with E-state index in [1.807, 2.05) is 20.8 Å². The Labute approximate surface area is 257 Å². The van der Waals surface area contributed by atoms with Gasteiger partial charge in [0.25, 0.3) is 10.2 Å². The van der Waals surface area contributed by atoms with E-state index in [9.17, 15) is 32.7 Å². The van der Waals surface area contributed by atoms with Gasteiger partial charge in [0.1, 0.15) is 11.6 Å². The lowest BCUT2D eigenvalue weighted by molar-refractivity contribution is -0.145. The Morgan fingerprint density at radius 2 is 1.67 bits per heavy atom. The highest BCUT2D eigenvalue weighted by Crippen LogP contribution is 2.47. The molecule has 0 aromatic heterocycles. The lowest BCUT2D eigenvalue weighted by Gasteiger charge is -2.35. The SMILES string of the molecule is CCCCCCCCC1C[C@]1(NC(=O)[C@@H]1CCCN1C(=O)CNC(=O)NC(CN(C)S(=O)(=O)N(C)C)C(C)(C)C)C(=O)O. The van der Waals surface area contributed by atoms with Gasteiger partial charge in [-0.3, -0.25) is 9.59 Å². The molecule has 1 aliphatic heterocycles. The van der Waals surface area contributed by atoms with Crippen molar-refractivity contribution in [3.05, 3.63) is 0 Å². The minimum atomic E-state index is -3.69. The van der Waals surface area contributed by atoms with Crippen molar-refractivity contribution in [1.29, 1.82) is 0 Å². The molecule has 4 amide bonds. The average molecular weight is 631 g/mol. The van der Waals surface area contributed by atoms with Crippen LogP contribution in [-0.4, -0.2) is 109 Å². The number of carbonyl (C=O) groups is 4. The zero-order valence-electron chi connectivity index (χ0n) is 27.1. The molecule has 2 aliphatic rings. The molecular formula is C29H54N6O7S. The second-order valence-corrected chi connectivity index (χ2v) is 15.5. The summed E-state index contributed by atoms with van der Waals surface area (Å²) in [7, 11) is 0.601. The molecule has 0 aromatic rings. The summed E-state index contributed by atoms with van der Waals surface area (Å²) in [6.45, 7) is 7.76. The van der Waals surface area contributed by atoms with Gasteiger partial charge in [-0.25, -0.2) is 9.59 Å². The van der Waals surface area contributed by atoms with Gasteiger partial charge in [-0.15, -0.1) is 0 Å². The van der Waals surface area contributed by atoms with E-state index >= 15 is 0 Å². The molecule has 14 heteroatoms. The maximum Gasteiger partial charge on any atom is 0.329 e. The van der Waals surface area contributed by atoms with Crippen molar-refractivity contribution >= 4 is 34.0 Å². The number of nitrogens with one attached hydrogen (secondary N) is 3. The van der Waals surface area contributed by atoms with Crippen molar-refractivity contribution in [2.45, 2.75) is 110 Å². The van der Waals surface area contributed by atoms with Gasteiger partial charge in [0.15, 0.2) is 0 Å². The molecule has 1 heterocycles. The smallest absolute Gasteiger partial charge is 0.329 e. The van der Waals surface area contributed by atoms with Crippen LogP contribution < -0.4 is 16.0 Å². The molecule has 1 saturated carbocycles. The number of unbranched alkanes of at least 4 members (excludes halogenated alkanes) is 5. The normalized spacial score (nSPS) is 22.9. The minimum absolute atomic E-state index is 0.0188. The lowest BCUT2D eigenvalue weighted by Crippen LogP contribution is -2.56. The van der Waals surface area contributed by atoms with Crippen LogP contribution in [0.1, 0.15) is 91.9 Å². The molecule has 13 nitrogen and oxygen atoms in total. The number of rotatable bonds is 17. The number of amides is 4. The van der Waals surface area contributed by atoms with E-state index in [0.29, 0.717) is 25.8 Å². The van der Waals surface area contributed by atoms with E-state index in [1.54, 1.807) is 0 Å². The van der Waals surface area contributed by atoms with Gasteiger partial charge in [-0.1, -0.05) is 66.2 Å². The second-order valence-electron chi connectivity index (χ2n) is 13.3. The number of likely N-dealkylation sites (N-methyl/N-ethyl adjacent to an activating group) is 1. The van der Waals surface area contributed by atoms with Crippen LogP contribution in [0.25, 0.3) is 0 Å². The second kappa shape index (κ2) is 15.5. The number of carbonyl (C=O) groups excluding carboxylic acids is 3. The maximum absolute atomic E-state index is 13.2. The maximum atomic E-state index is 13.2. The van der Waals surface area contributed by atoms with E-state index in [1.165, 1.54) is 45.3 Å². The predicted molar refractivity (Wildman–Crippen MR) is 164 cm³/mol. The Morgan fingerprint density at radius 3 is 2.26 bits per heavy atom. The van der Waals surface area contributed by atoms with E-state index < -0.39 is 57.1 Å². The number of carboxylic acids is 1. The fourth-order valence-corrected chi connectivity index (χ4v) is 6.49. The van der Waals surface area contributed by atoms with Gasteiger partial charge in [-0.05, 0) is 37.0 Å². The summed E-state index contributed by atoms with van der Waals surface area (Å²) < 4.78 is 27.2. The first kappa shape index (κ1) is 36.7. The van der Waals surface area contributed by atoms with Gasteiger partial charge in [0.2, 0.25) is 11.8 Å². The predicted octanol–water partition coefficient (Wildman–Crippen LogP) is 2.14. The largest absolute Gasteiger partial charge is 0.479 e. The molecule has 4 N–H and O–H groups in total. The molecule has 0 aromatic carbocycles. The van der Waals surface area contributed by atoms with Crippen LogP contribution in [0, 0.1) is 11.3 Å². The van der Waals surface area contributed by atoms with E-state index in [0.717, 1.165) is 34.3 Å². The third-order valence-electron chi connectivity index (χ3n) is 8.66. The number of aliphatic carboxylic acids is 1. The summed E-state index contributed by atoms with van der Waals surface area (Å²) in [5.74, 6) is -2.07. The number of carboxylic acid groups (broad SMARTS) is 1. The third kappa shape index (κ3) is 10.0. The number of likely N-dealkylation sites (tertiary alicyclic amines) is 1. The van der Waals surface area contributed by atoms with Gasteiger partial charge in [0.05, 0.1) is 6.54 Å². The van der Waals surface area contributed by atoms with Gasteiger partial charge < -0.3 is 26.0 Å². The molecule has 0 spiro atoms. The van der Waals surface area contributed by atoms with Crippen LogP contribution >= 0.6 is 0 Å². The van der Waals surface area contributed by atoms with Crippen molar-refractivity contribution in [2.75, 3.05) is 40.8 Å².